The summed E-state index contributed by atoms with van der Waals surface area (Å²) in [7, 11) is 3.95. The number of nitrogens with zero attached hydrogens (tertiary/aromatic N) is 2. The quantitative estimate of drug-likeness (QED) is 0.879. The van der Waals surface area contributed by atoms with Crippen molar-refractivity contribution in [1.29, 1.82) is 0 Å². The Morgan fingerprint density at radius 3 is 2.33 bits per heavy atom. The number of rotatable bonds is 4. The maximum atomic E-state index is 12.7. The minimum absolute atomic E-state index is 0.169. The highest BCUT2D eigenvalue weighted by Crippen LogP contribution is 2.27. The second-order valence-electron chi connectivity index (χ2n) is 6.20. The van der Waals surface area contributed by atoms with Crippen molar-refractivity contribution in [3.05, 3.63) is 54.1 Å². The molecule has 0 radical (unpaired) electrons. The van der Waals surface area contributed by atoms with Gasteiger partial charge in [-0.1, -0.05) is 18.2 Å². The molecule has 124 valence electrons. The molecule has 0 aromatic heterocycles. The molecule has 0 spiro atoms. The van der Waals surface area contributed by atoms with E-state index < -0.39 is 6.04 Å². The largest absolute Gasteiger partial charge is 0.378 e. The molecule has 2 aromatic rings. The monoisotopic (exact) mass is 323 g/mol. The number of imide groups is 1. The van der Waals surface area contributed by atoms with Crippen LogP contribution in [0.1, 0.15) is 12.0 Å². The van der Waals surface area contributed by atoms with Gasteiger partial charge in [0.2, 0.25) is 5.91 Å². The number of nitrogens with one attached hydrogen (secondary N) is 1. The van der Waals surface area contributed by atoms with Crippen LogP contribution in [0.3, 0.4) is 0 Å². The number of amides is 2. The average molecular weight is 323 g/mol. The normalized spacial score (nSPS) is 17.3. The van der Waals surface area contributed by atoms with Crippen molar-refractivity contribution in [2.45, 2.75) is 19.4 Å². The van der Waals surface area contributed by atoms with E-state index in [0.29, 0.717) is 5.69 Å². The van der Waals surface area contributed by atoms with Crippen molar-refractivity contribution in [1.82, 2.24) is 0 Å². The predicted molar refractivity (Wildman–Crippen MR) is 96.5 cm³/mol. The molecule has 1 atom stereocenters. The average Bonchev–Trinajstić information content (AvgIpc) is 2.83. The Labute approximate surface area is 141 Å². The van der Waals surface area contributed by atoms with Crippen molar-refractivity contribution in [3.63, 3.8) is 0 Å². The molecule has 1 saturated heterocycles. The number of anilines is 3. The van der Waals surface area contributed by atoms with Gasteiger partial charge in [-0.05, 0) is 42.8 Å². The molecule has 1 aliphatic rings. The standard InChI is InChI=1S/C19H21N3O2/c1-13-6-4-5-7-17(13)22-18(23)12-16(19(22)24)20-14-8-10-15(11-9-14)21(2)3/h4-11,16,20H,12H2,1-3H3/t16-/m0/s1. The van der Waals surface area contributed by atoms with E-state index in [2.05, 4.69) is 5.32 Å². The third kappa shape index (κ3) is 2.97. The molecule has 0 aliphatic carbocycles. The minimum Gasteiger partial charge on any atom is -0.378 e. The van der Waals surface area contributed by atoms with Crippen LogP contribution in [0.4, 0.5) is 17.1 Å². The Bertz CT molecular complexity index is 768. The van der Waals surface area contributed by atoms with E-state index in [0.717, 1.165) is 16.9 Å². The first kappa shape index (κ1) is 16.1. The number of benzene rings is 2. The maximum absolute atomic E-state index is 12.7. The molecule has 0 unspecified atom stereocenters. The number of aryl methyl sites for hydroxylation is 1. The summed E-state index contributed by atoms with van der Waals surface area (Å²) in [5.41, 5.74) is 3.49. The third-order valence-electron chi connectivity index (χ3n) is 4.23. The van der Waals surface area contributed by atoms with Crippen LogP contribution in [0.15, 0.2) is 48.5 Å². The molecule has 24 heavy (non-hydrogen) atoms. The summed E-state index contributed by atoms with van der Waals surface area (Å²) < 4.78 is 0. The zero-order valence-corrected chi connectivity index (χ0v) is 14.1. The molecule has 5 heteroatoms. The van der Waals surface area contributed by atoms with Gasteiger partial charge in [-0.25, -0.2) is 4.90 Å². The maximum Gasteiger partial charge on any atom is 0.256 e. The zero-order chi connectivity index (χ0) is 17.3. The fourth-order valence-corrected chi connectivity index (χ4v) is 2.87. The van der Waals surface area contributed by atoms with Crippen molar-refractivity contribution < 1.29 is 9.59 Å². The summed E-state index contributed by atoms with van der Waals surface area (Å²) in [4.78, 5) is 28.3. The van der Waals surface area contributed by atoms with Gasteiger partial charge < -0.3 is 10.2 Å². The zero-order valence-electron chi connectivity index (χ0n) is 14.1. The van der Waals surface area contributed by atoms with E-state index in [4.69, 9.17) is 0 Å². The van der Waals surface area contributed by atoms with Gasteiger partial charge in [0.15, 0.2) is 0 Å². The highest BCUT2D eigenvalue weighted by atomic mass is 16.2. The summed E-state index contributed by atoms with van der Waals surface area (Å²) in [5.74, 6) is -0.373. The lowest BCUT2D eigenvalue weighted by molar-refractivity contribution is -0.121. The van der Waals surface area contributed by atoms with Gasteiger partial charge in [0.1, 0.15) is 6.04 Å². The van der Waals surface area contributed by atoms with Crippen molar-refractivity contribution in [3.8, 4) is 0 Å². The molecular weight excluding hydrogens is 302 g/mol. The van der Waals surface area contributed by atoms with Gasteiger partial charge in [0, 0.05) is 25.5 Å². The summed E-state index contributed by atoms with van der Waals surface area (Å²) >= 11 is 0. The molecule has 2 amide bonds. The Hall–Kier alpha value is -2.82. The highest BCUT2D eigenvalue weighted by molar-refractivity contribution is 6.23. The van der Waals surface area contributed by atoms with E-state index in [9.17, 15) is 9.59 Å². The van der Waals surface area contributed by atoms with Gasteiger partial charge >= 0.3 is 0 Å². The molecule has 5 nitrogen and oxygen atoms in total. The van der Waals surface area contributed by atoms with Gasteiger partial charge in [-0.2, -0.15) is 0 Å². The summed E-state index contributed by atoms with van der Waals surface area (Å²) in [6, 6.07) is 14.7. The molecule has 1 heterocycles. The van der Waals surface area contributed by atoms with Crippen LogP contribution in [0.25, 0.3) is 0 Å². The van der Waals surface area contributed by atoms with Crippen LogP contribution < -0.4 is 15.1 Å². The lowest BCUT2D eigenvalue weighted by atomic mass is 10.2. The molecule has 3 rings (SSSR count). The van der Waals surface area contributed by atoms with Gasteiger partial charge in [-0.15, -0.1) is 0 Å². The van der Waals surface area contributed by atoms with Crippen LogP contribution in [-0.2, 0) is 9.59 Å². The number of carbonyl (C=O) groups is 2. The van der Waals surface area contributed by atoms with Crippen molar-refractivity contribution in [2.75, 3.05) is 29.2 Å². The first-order valence-electron chi connectivity index (χ1n) is 7.93. The molecular formula is C19H21N3O2. The fourth-order valence-electron chi connectivity index (χ4n) is 2.87. The summed E-state index contributed by atoms with van der Waals surface area (Å²) in [5, 5.41) is 3.18. The molecule has 2 aromatic carbocycles. The van der Waals surface area contributed by atoms with E-state index in [1.54, 1.807) is 6.07 Å². The van der Waals surface area contributed by atoms with Crippen LogP contribution in [0.2, 0.25) is 0 Å². The second kappa shape index (κ2) is 6.35. The molecule has 1 fully saturated rings. The molecule has 0 bridgehead atoms. The minimum atomic E-state index is -0.526. The van der Waals surface area contributed by atoms with Crippen molar-refractivity contribution in [2.24, 2.45) is 0 Å². The lowest BCUT2D eigenvalue weighted by Crippen LogP contribution is -2.35. The van der Waals surface area contributed by atoms with E-state index in [1.807, 2.05) is 68.4 Å². The van der Waals surface area contributed by atoms with Gasteiger partial charge in [0.05, 0.1) is 12.1 Å². The summed E-state index contributed by atoms with van der Waals surface area (Å²) in [6.07, 6.45) is 0.169. The Morgan fingerprint density at radius 1 is 1.04 bits per heavy atom. The number of para-hydroxylation sites is 1. The molecule has 1 N–H and O–H groups in total. The Balaban J connectivity index is 1.78. The first-order chi connectivity index (χ1) is 11.5. The Kier molecular flexibility index (Phi) is 4.25. The number of hydrogen-bond donors (Lipinski definition) is 1. The topological polar surface area (TPSA) is 52.7 Å². The number of carbonyl (C=O) groups excluding carboxylic acids is 2. The second-order valence-corrected chi connectivity index (χ2v) is 6.20. The lowest BCUT2D eigenvalue weighted by Gasteiger charge is -2.18. The van der Waals surface area contributed by atoms with Crippen LogP contribution in [-0.4, -0.2) is 32.0 Å². The SMILES string of the molecule is Cc1ccccc1N1C(=O)C[C@H](Nc2ccc(N(C)C)cc2)C1=O. The van der Waals surface area contributed by atoms with Crippen LogP contribution in [0.5, 0.6) is 0 Å². The summed E-state index contributed by atoms with van der Waals surface area (Å²) in [6.45, 7) is 1.90. The van der Waals surface area contributed by atoms with E-state index >= 15 is 0 Å². The molecule has 1 aliphatic heterocycles. The fraction of sp³-hybridized carbons (Fsp3) is 0.263. The first-order valence-corrected chi connectivity index (χ1v) is 7.93. The van der Waals surface area contributed by atoms with Crippen molar-refractivity contribution >= 4 is 28.9 Å². The molecule has 0 saturated carbocycles. The third-order valence-corrected chi connectivity index (χ3v) is 4.23. The highest BCUT2D eigenvalue weighted by Gasteiger charge is 2.40. The predicted octanol–water partition coefficient (Wildman–Crippen LogP) is 2.81. The van der Waals surface area contributed by atoms with Crippen LogP contribution >= 0.6 is 0 Å². The smallest absolute Gasteiger partial charge is 0.256 e. The van der Waals surface area contributed by atoms with Crippen LogP contribution in [0, 0.1) is 6.92 Å². The van der Waals surface area contributed by atoms with E-state index in [1.165, 1.54) is 4.90 Å². The van der Waals surface area contributed by atoms with Gasteiger partial charge in [-0.3, -0.25) is 9.59 Å². The van der Waals surface area contributed by atoms with Gasteiger partial charge in [0.25, 0.3) is 5.91 Å². The number of hydrogen-bond acceptors (Lipinski definition) is 4. The Morgan fingerprint density at radius 2 is 1.71 bits per heavy atom. The van der Waals surface area contributed by atoms with E-state index in [-0.39, 0.29) is 18.2 Å².